The van der Waals surface area contributed by atoms with Crippen molar-refractivity contribution in [3.05, 3.63) is 88.5 Å². The third kappa shape index (κ3) is 7.02. The van der Waals surface area contributed by atoms with E-state index in [1.807, 2.05) is 83.1 Å². The molecule has 0 saturated heterocycles. The van der Waals surface area contributed by atoms with Crippen LogP contribution >= 0.6 is 0 Å². The Kier molecular flexibility index (Phi) is 7.44. The highest BCUT2D eigenvalue weighted by molar-refractivity contribution is 5.93. The number of anilines is 6. The second-order valence-electron chi connectivity index (χ2n) is 9.08. The van der Waals surface area contributed by atoms with Gasteiger partial charge >= 0.3 is 0 Å². The second-order valence-corrected chi connectivity index (χ2v) is 9.08. The third-order valence-corrected chi connectivity index (χ3v) is 5.30. The van der Waals surface area contributed by atoms with E-state index in [4.69, 9.17) is 0 Å². The summed E-state index contributed by atoms with van der Waals surface area (Å²) in [6.07, 6.45) is 0. The van der Waals surface area contributed by atoms with Crippen LogP contribution in [-0.4, -0.2) is 27.4 Å². The number of nitrogens with one attached hydrogen (secondary N) is 4. The molecule has 0 radical (unpaired) electrons. The largest absolute Gasteiger partial charge is 0.345 e. The quantitative estimate of drug-likeness (QED) is 0.246. The lowest BCUT2D eigenvalue weighted by Gasteiger charge is -2.13. The highest BCUT2D eigenvalue weighted by atomic mass is 16.1. The molecule has 184 valence electrons. The minimum atomic E-state index is -0.200. The van der Waals surface area contributed by atoms with Crippen LogP contribution in [0.5, 0.6) is 0 Å². The summed E-state index contributed by atoms with van der Waals surface area (Å²) in [7, 11) is 0. The number of nitrogens with zero attached hydrogens (tertiary/aromatic N) is 3. The maximum atomic E-state index is 12.5. The summed E-state index contributed by atoms with van der Waals surface area (Å²) in [4.78, 5) is 26.1. The average Bonchev–Trinajstić information content (AvgIpc) is 2.76. The Bertz CT molecular complexity index is 1290. The highest BCUT2D eigenvalue weighted by Crippen LogP contribution is 2.22. The van der Waals surface area contributed by atoms with Crippen LogP contribution in [0, 0.1) is 34.6 Å². The molecule has 0 bridgehead atoms. The summed E-state index contributed by atoms with van der Waals surface area (Å²) in [6, 6.07) is 20.0. The molecule has 0 spiro atoms. The smallest absolute Gasteiger partial charge is 0.243 e. The first-order valence-electron chi connectivity index (χ1n) is 11.8. The third-order valence-electron chi connectivity index (χ3n) is 5.30. The summed E-state index contributed by atoms with van der Waals surface area (Å²) < 4.78 is 0. The van der Waals surface area contributed by atoms with Crippen molar-refractivity contribution >= 4 is 40.8 Å². The van der Waals surface area contributed by atoms with E-state index in [-0.39, 0.29) is 18.4 Å². The van der Waals surface area contributed by atoms with E-state index in [1.54, 1.807) is 0 Å². The molecule has 0 aliphatic heterocycles. The summed E-state index contributed by atoms with van der Waals surface area (Å²) in [5.74, 6) is 0.809. The maximum Gasteiger partial charge on any atom is 0.243 e. The molecule has 4 N–H and O–H groups in total. The average molecular weight is 482 g/mol. The van der Waals surface area contributed by atoms with Gasteiger partial charge in [0, 0.05) is 17.1 Å². The van der Waals surface area contributed by atoms with Crippen molar-refractivity contribution in [1.82, 2.24) is 15.0 Å². The minimum Gasteiger partial charge on any atom is -0.345 e. The minimum absolute atomic E-state index is 0.00391. The molecule has 0 fully saturated rings. The Hall–Kier alpha value is -4.46. The zero-order valence-corrected chi connectivity index (χ0v) is 21.2. The topological polar surface area (TPSA) is 104 Å². The SMILES string of the molecule is Cc1cccc(NC(=O)CNc2nc(Nc3cc(C)cc(C)c3)nc(Nc3cc(C)cc(C)c3)n2)c1. The van der Waals surface area contributed by atoms with Crippen molar-refractivity contribution in [1.29, 1.82) is 0 Å². The van der Waals surface area contributed by atoms with Crippen molar-refractivity contribution in [2.75, 3.05) is 27.8 Å². The second kappa shape index (κ2) is 10.9. The van der Waals surface area contributed by atoms with E-state index in [0.29, 0.717) is 11.9 Å². The molecule has 0 saturated carbocycles. The van der Waals surface area contributed by atoms with Gasteiger partial charge in [0.05, 0.1) is 6.54 Å². The predicted molar refractivity (Wildman–Crippen MR) is 147 cm³/mol. The first-order chi connectivity index (χ1) is 17.2. The molecule has 0 aliphatic carbocycles. The number of aryl methyl sites for hydroxylation is 5. The lowest BCUT2D eigenvalue weighted by atomic mass is 10.1. The van der Waals surface area contributed by atoms with E-state index in [2.05, 4.69) is 48.4 Å². The molecular weight excluding hydrogens is 450 g/mol. The number of carbonyl (C=O) groups excluding carboxylic acids is 1. The van der Waals surface area contributed by atoms with Gasteiger partial charge in [-0.15, -0.1) is 0 Å². The fraction of sp³-hybridized carbons (Fsp3) is 0.214. The van der Waals surface area contributed by atoms with Gasteiger partial charge in [-0.05, 0) is 98.8 Å². The normalized spacial score (nSPS) is 10.6. The van der Waals surface area contributed by atoms with Crippen molar-refractivity contribution in [3.63, 3.8) is 0 Å². The first kappa shape index (κ1) is 24.7. The van der Waals surface area contributed by atoms with Gasteiger partial charge in [0.2, 0.25) is 23.8 Å². The molecule has 1 heterocycles. The molecule has 36 heavy (non-hydrogen) atoms. The van der Waals surface area contributed by atoms with Gasteiger partial charge in [0.25, 0.3) is 0 Å². The van der Waals surface area contributed by atoms with E-state index in [1.165, 1.54) is 0 Å². The van der Waals surface area contributed by atoms with Crippen molar-refractivity contribution < 1.29 is 4.79 Å². The summed E-state index contributed by atoms with van der Waals surface area (Å²) in [5.41, 5.74) is 8.09. The van der Waals surface area contributed by atoms with E-state index < -0.39 is 0 Å². The molecule has 3 aromatic carbocycles. The molecule has 0 unspecified atom stereocenters. The van der Waals surface area contributed by atoms with Crippen molar-refractivity contribution in [2.24, 2.45) is 0 Å². The maximum absolute atomic E-state index is 12.5. The predicted octanol–water partition coefficient (Wildman–Crippen LogP) is 5.95. The van der Waals surface area contributed by atoms with Gasteiger partial charge in [-0.1, -0.05) is 24.3 Å². The molecule has 1 amide bonds. The zero-order chi connectivity index (χ0) is 25.7. The van der Waals surface area contributed by atoms with Crippen LogP contribution in [0.1, 0.15) is 27.8 Å². The van der Waals surface area contributed by atoms with Crippen LogP contribution in [-0.2, 0) is 4.79 Å². The number of hydrogen-bond donors (Lipinski definition) is 4. The Morgan fingerprint density at radius 1 is 0.611 bits per heavy atom. The lowest BCUT2D eigenvalue weighted by Crippen LogP contribution is -2.23. The highest BCUT2D eigenvalue weighted by Gasteiger charge is 2.11. The molecule has 1 aromatic heterocycles. The van der Waals surface area contributed by atoms with Gasteiger partial charge in [-0.25, -0.2) is 0 Å². The number of aromatic nitrogens is 3. The Labute approximate surface area is 211 Å². The van der Waals surface area contributed by atoms with Gasteiger partial charge in [0.15, 0.2) is 0 Å². The van der Waals surface area contributed by atoms with Crippen LogP contribution in [0.25, 0.3) is 0 Å². The summed E-state index contributed by atoms with van der Waals surface area (Å²) >= 11 is 0. The molecule has 8 nitrogen and oxygen atoms in total. The summed E-state index contributed by atoms with van der Waals surface area (Å²) in [5, 5.41) is 12.4. The number of amides is 1. The molecular formula is C28H31N7O. The Balaban J connectivity index is 1.56. The monoisotopic (exact) mass is 481 g/mol. The Morgan fingerprint density at radius 2 is 1.08 bits per heavy atom. The zero-order valence-electron chi connectivity index (χ0n) is 21.2. The molecule has 8 heteroatoms. The summed E-state index contributed by atoms with van der Waals surface area (Å²) in [6.45, 7) is 10.1. The lowest BCUT2D eigenvalue weighted by molar-refractivity contribution is -0.114. The van der Waals surface area contributed by atoms with E-state index >= 15 is 0 Å². The number of benzene rings is 3. The van der Waals surface area contributed by atoms with Crippen LogP contribution in [0.3, 0.4) is 0 Å². The fourth-order valence-electron chi connectivity index (χ4n) is 4.01. The van der Waals surface area contributed by atoms with E-state index in [9.17, 15) is 4.79 Å². The van der Waals surface area contributed by atoms with E-state index in [0.717, 1.165) is 44.9 Å². The van der Waals surface area contributed by atoms with Crippen LogP contribution in [0.2, 0.25) is 0 Å². The van der Waals surface area contributed by atoms with Crippen molar-refractivity contribution in [2.45, 2.75) is 34.6 Å². The van der Waals surface area contributed by atoms with Gasteiger partial charge in [-0.2, -0.15) is 15.0 Å². The first-order valence-corrected chi connectivity index (χ1v) is 11.8. The standard InChI is InChI=1S/C28H31N7O/c1-17-7-6-8-22(11-17)30-25(36)16-29-26-33-27(31-23-12-18(2)9-19(3)13-23)35-28(34-26)32-24-14-20(4)10-21(5)15-24/h6-15H,16H2,1-5H3,(H,30,36)(H3,29,31,32,33,34,35). The molecule has 0 aliphatic rings. The number of hydrogen-bond acceptors (Lipinski definition) is 7. The number of rotatable bonds is 8. The molecule has 4 aromatic rings. The van der Waals surface area contributed by atoms with Gasteiger partial charge in [0.1, 0.15) is 0 Å². The molecule has 4 rings (SSSR count). The molecule has 0 atom stereocenters. The fourth-order valence-corrected chi connectivity index (χ4v) is 4.01. The van der Waals surface area contributed by atoms with Gasteiger partial charge in [-0.3, -0.25) is 4.79 Å². The van der Waals surface area contributed by atoms with Gasteiger partial charge < -0.3 is 21.3 Å². The Morgan fingerprint density at radius 3 is 1.58 bits per heavy atom. The number of carbonyl (C=O) groups is 1. The van der Waals surface area contributed by atoms with Crippen LogP contribution in [0.4, 0.5) is 34.9 Å². The van der Waals surface area contributed by atoms with Crippen LogP contribution < -0.4 is 21.3 Å². The van der Waals surface area contributed by atoms with Crippen LogP contribution in [0.15, 0.2) is 60.7 Å². The van der Waals surface area contributed by atoms with Crippen molar-refractivity contribution in [3.8, 4) is 0 Å².